The molecule has 66 valence electrons. The van der Waals surface area contributed by atoms with Crippen molar-refractivity contribution in [3.63, 3.8) is 0 Å². The first kappa shape index (κ1) is 9.26. The topological polar surface area (TPSA) is 26.0 Å². The Bertz CT molecular complexity index is 124. The van der Waals surface area contributed by atoms with Crippen LogP contribution >= 0.6 is 11.8 Å². The lowest BCUT2D eigenvalue weighted by molar-refractivity contribution is 0.115. The molecule has 1 saturated carbocycles. The van der Waals surface area contributed by atoms with Gasteiger partial charge in [0.2, 0.25) is 0 Å². The molecule has 1 nitrogen and oxygen atoms in total. The van der Waals surface area contributed by atoms with E-state index >= 15 is 0 Å². The minimum absolute atomic E-state index is 0.147. The maximum Gasteiger partial charge on any atom is 0.306 e. The Hall–Kier alpha value is 0.170. The summed E-state index contributed by atoms with van der Waals surface area (Å²) in [6, 6.07) is 0. The molecule has 0 amide bonds. The van der Waals surface area contributed by atoms with Crippen LogP contribution in [0.5, 0.6) is 0 Å². The van der Waals surface area contributed by atoms with E-state index in [0.29, 0.717) is 0 Å². The first-order valence-corrected chi connectivity index (χ1v) is 4.78. The van der Waals surface area contributed by atoms with Gasteiger partial charge >= 0.3 is 5.25 Å². The van der Waals surface area contributed by atoms with Crippen molar-refractivity contribution in [2.24, 2.45) is 5.73 Å². The molecule has 0 heterocycles. The van der Waals surface area contributed by atoms with Gasteiger partial charge in [-0.1, -0.05) is 24.6 Å². The first-order valence-electron chi connectivity index (χ1n) is 3.90. The van der Waals surface area contributed by atoms with Crippen LogP contribution in [-0.4, -0.2) is 17.0 Å². The Morgan fingerprint density at radius 2 is 1.91 bits per heavy atom. The van der Waals surface area contributed by atoms with Crippen molar-refractivity contribution in [1.82, 2.24) is 0 Å². The molecule has 0 saturated heterocycles. The standard InChI is InChI=1S/C7H13F2NS/c8-7(9,5-10)11-6-3-1-2-4-6/h6H,1-5,10H2. The third kappa shape index (κ3) is 2.95. The molecular formula is C7H13F2NS. The van der Waals surface area contributed by atoms with Crippen LogP contribution in [0.15, 0.2) is 0 Å². The number of hydrogen-bond donors (Lipinski definition) is 1. The van der Waals surface area contributed by atoms with E-state index in [4.69, 9.17) is 5.73 Å². The Kier molecular flexibility index (Phi) is 3.13. The minimum atomic E-state index is -2.70. The van der Waals surface area contributed by atoms with Crippen molar-refractivity contribution in [3.8, 4) is 0 Å². The van der Waals surface area contributed by atoms with Gasteiger partial charge < -0.3 is 5.73 Å². The smallest absolute Gasteiger partial charge is 0.306 e. The summed E-state index contributed by atoms with van der Waals surface area (Å²) in [5.41, 5.74) is 4.91. The molecule has 0 unspecified atom stereocenters. The summed E-state index contributed by atoms with van der Waals surface area (Å²) >= 11 is 0.751. The van der Waals surface area contributed by atoms with Gasteiger partial charge in [-0.3, -0.25) is 0 Å². The van der Waals surface area contributed by atoms with E-state index in [1.807, 2.05) is 0 Å². The van der Waals surface area contributed by atoms with Gasteiger partial charge in [-0.25, -0.2) is 0 Å². The molecule has 4 heteroatoms. The van der Waals surface area contributed by atoms with Gasteiger partial charge in [-0.15, -0.1) is 0 Å². The molecule has 0 atom stereocenters. The molecule has 0 bridgehead atoms. The van der Waals surface area contributed by atoms with Gasteiger partial charge in [-0.05, 0) is 12.8 Å². The minimum Gasteiger partial charge on any atom is -0.324 e. The van der Waals surface area contributed by atoms with Gasteiger partial charge in [0.1, 0.15) is 0 Å². The number of nitrogens with two attached hydrogens (primary N) is 1. The lowest BCUT2D eigenvalue weighted by atomic mass is 10.4. The Balaban J connectivity index is 2.28. The zero-order valence-corrected chi connectivity index (χ0v) is 7.17. The second-order valence-electron chi connectivity index (χ2n) is 2.87. The average Bonchev–Trinajstić information content (AvgIpc) is 2.39. The molecule has 1 fully saturated rings. The molecule has 2 N–H and O–H groups in total. The van der Waals surface area contributed by atoms with Crippen LogP contribution in [0.25, 0.3) is 0 Å². The molecule has 0 aromatic carbocycles. The highest BCUT2D eigenvalue weighted by Gasteiger charge is 2.32. The van der Waals surface area contributed by atoms with Gasteiger partial charge in [0.05, 0.1) is 6.54 Å². The normalized spacial score (nSPS) is 21.0. The first-order chi connectivity index (χ1) is 5.14. The van der Waals surface area contributed by atoms with Crippen LogP contribution in [0.3, 0.4) is 0 Å². The van der Waals surface area contributed by atoms with Crippen LogP contribution in [0, 0.1) is 0 Å². The van der Waals surface area contributed by atoms with Crippen LogP contribution in [0.1, 0.15) is 25.7 Å². The van der Waals surface area contributed by atoms with E-state index in [0.717, 1.165) is 37.4 Å². The predicted molar refractivity (Wildman–Crippen MR) is 43.8 cm³/mol. The summed E-state index contributed by atoms with van der Waals surface area (Å²) in [5, 5.41) is -2.55. The van der Waals surface area contributed by atoms with Crippen LogP contribution in [0.2, 0.25) is 0 Å². The van der Waals surface area contributed by atoms with Gasteiger partial charge in [0, 0.05) is 5.25 Å². The third-order valence-electron chi connectivity index (χ3n) is 1.88. The van der Waals surface area contributed by atoms with E-state index in [2.05, 4.69) is 0 Å². The SMILES string of the molecule is NCC(F)(F)SC1CCCC1. The summed E-state index contributed by atoms with van der Waals surface area (Å²) < 4.78 is 25.3. The van der Waals surface area contributed by atoms with Crippen molar-refractivity contribution >= 4 is 11.8 Å². The maximum absolute atomic E-state index is 12.6. The monoisotopic (exact) mass is 181 g/mol. The Morgan fingerprint density at radius 1 is 1.36 bits per heavy atom. The number of hydrogen-bond acceptors (Lipinski definition) is 2. The molecule has 0 aromatic heterocycles. The maximum atomic E-state index is 12.6. The molecule has 0 aromatic rings. The van der Waals surface area contributed by atoms with Crippen molar-refractivity contribution in [2.75, 3.05) is 6.54 Å². The van der Waals surface area contributed by atoms with Gasteiger partial charge in [-0.2, -0.15) is 8.78 Å². The highest BCUT2D eigenvalue weighted by Crippen LogP contribution is 2.39. The Labute approximate surface area is 69.7 Å². The molecule has 1 aliphatic carbocycles. The summed E-state index contributed by atoms with van der Waals surface area (Å²) in [7, 11) is 0. The second-order valence-corrected chi connectivity index (χ2v) is 4.37. The molecule has 11 heavy (non-hydrogen) atoms. The number of halogens is 2. The Morgan fingerprint density at radius 3 is 2.36 bits per heavy atom. The molecule has 0 radical (unpaired) electrons. The fraction of sp³-hybridized carbons (Fsp3) is 1.00. The molecule has 0 spiro atoms. The van der Waals surface area contributed by atoms with E-state index in [-0.39, 0.29) is 5.25 Å². The summed E-state index contributed by atoms with van der Waals surface area (Å²) in [4.78, 5) is 0. The van der Waals surface area contributed by atoms with Gasteiger partial charge in [0.15, 0.2) is 0 Å². The molecular weight excluding hydrogens is 168 g/mol. The number of rotatable bonds is 3. The van der Waals surface area contributed by atoms with Crippen LogP contribution in [0.4, 0.5) is 8.78 Å². The number of alkyl halides is 2. The highest BCUT2D eigenvalue weighted by molar-refractivity contribution is 8.00. The lowest BCUT2D eigenvalue weighted by Crippen LogP contribution is -2.26. The fourth-order valence-corrected chi connectivity index (χ4v) is 2.45. The highest BCUT2D eigenvalue weighted by atomic mass is 32.2. The zero-order chi connectivity index (χ0) is 8.32. The summed E-state index contributed by atoms with van der Waals surface area (Å²) in [6.45, 7) is -0.534. The third-order valence-corrected chi connectivity index (χ3v) is 3.20. The summed E-state index contributed by atoms with van der Waals surface area (Å²) in [6.07, 6.45) is 4.05. The lowest BCUT2D eigenvalue weighted by Gasteiger charge is -2.17. The quantitative estimate of drug-likeness (QED) is 0.722. The average molecular weight is 181 g/mol. The van der Waals surface area contributed by atoms with E-state index in [1.165, 1.54) is 0 Å². The van der Waals surface area contributed by atoms with Crippen LogP contribution < -0.4 is 5.73 Å². The van der Waals surface area contributed by atoms with E-state index < -0.39 is 11.8 Å². The number of thioether (sulfide) groups is 1. The van der Waals surface area contributed by atoms with E-state index in [1.54, 1.807) is 0 Å². The van der Waals surface area contributed by atoms with Crippen molar-refractivity contribution in [3.05, 3.63) is 0 Å². The van der Waals surface area contributed by atoms with E-state index in [9.17, 15) is 8.78 Å². The predicted octanol–water partition coefficient (Wildman–Crippen LogP) is 2.21. The zero-order valence-electron chi connectivity index (χ0n) is 6.35. The van der Waals surface area contributed by atoms with Gasteiger partial charge in [0.25, 0.3) is 0 Å². The molecule has 0 aliphatic heterocycles. The fourth-order valence-electron chi connectivity index (χ4n) is 1.30. The molecule has 1 rings (SSSR count). The molecule has 1 aliphatic rings. The van der Waals surface area contributed by atoms with Crippen molar-refractivity contribution in [2.45, 2.75) is 36.2 Å². The summed E-state index contributed by atoms with van der Waals surface area (Å²) in [5.74, 6) is 0. The van der Waals surface area contributed by atoms with Crippen molar-refractivity contribution in [1.29, 1.82) is 0 Å². The van der Waals surface area contributed by atoms with Crippen LogP contribution in [-0.2, 0) is 0 Å². The van der Waals surface area contributed by atoms with Crippen molar-refractivity contribution < 1.29 is 8.78 Å². The second kappa shape index (κ2) is 3.72. The largest absolute Gasteiger partial charge is 0.324 e.